The zero-order chi connectivity index (χ0) is 12.3. The van der Waals surface area contributed by atoms with E-state index in [0.717, 1.165) is 5.69 Å². The molecule has 16 heavy (non-hydrogen) atoms. The van der Waals surface area contributed by atoms with Crippen molar-refractivity contribution in [2.75, 3.05) is 31.4 Å². The van der Waals surface area contributed by atoms with Gasteiger partial charge in [-0.05, 0) is 28.9 Å². The SMILES string of the molecule is COCC(C)N(C)c1cc(Br)c(F)cc1N. The normalized spacial score (nSPS) is 12.6. The maximum Gasteiger partial charge on any atom is 0.139 e. The van der Waals surface area contributed by atoms with Gasteiger partial charge in [0.25, 0.3) is 0 Å². The average molecular weight is 291 g/mol. The highest BCUT2D eigenvalue weighted by atomic mass is 79.9. The van der Waals surface area contributed by atoms with E-state index < -0.39 is 0 Å². The molecule has 0 fully saturated rings. The molecule has 0 bridgehead atoms. The van der Waals surface area contributed by atoms with E-state index in [1.165, 1.54) is 6.07 Å². The van der Waals surface area contributed by atoms with E-state index in [2.05, 4.69) is 15.9 Å². The third-order valence-corrected chi connectivity index (χ3v) is 3.13. The van der Waals surface area contributed by atoms with Gasteiger partial charge in [0.15, 0.2) is 0 Å². The Morgan fingerprint density at radius 1 is 1.56 bits per heavy atom. The third-order valence-electron chi connectivity index (χ3n) is 2.52. The van der Waals surface area contributed by atoms with Gasteiger partial charge in [-0.25, -0.2) is 4.39 Å². The maximum atomic E-state index is 13.2. The summed E-state index contributed by atoms with van der Waals surface area (Å²) >= 11 is 3.15. The van der Waals surface area contributed by atoms with Crippen LogP contribution in [0.15, 0.2) is 16.6 Å². The van der Waals surface area contributed by atoms with Crippen LogP contribution < -0.4 is 10.6 Å². The van der Waals surface area contributed by atoms with Crippen LogP contribution in [0.25, 0.3) is 0 Å². The van der Waals surface area contributed by atoms with E-state index in [9.17, 15) is 4.39 Å². The van der Waals surface area contributed by atoms with Crippen LogP contribution >= 0.6 is 15.9 Å². The van der Waals surface area contributed by atoms with Crippen molar-refractivity contribution in [2.24, 2.45) is 0 Å². The molecule has 0 saturated heterocycles. The standard InChI is InChI=1S/C11H16BrFN2O/c1-7(6-16-3)15(2)11-4-8(12)9(13)5-10(11)14/h4-5,7H,6,14H2,1-3H3. The Morgan fingerprint density at radius 3 is 2.75 bits per heavy atom. The predicted molar refractivity (Wildman–Crippen MR) is 68.3 cm³/mol. The Balaban J connectivity index is 2.99. The van der Waals surface area contributed by atoms with Gasteiger partial charge in [0.05, 0.1) is 22.5 Å². The zero-order valence-corrected chi connectivity index (χ0v) is 11.2. The summed E-state index contributed by atoms with van der Waals surface area (Å²) in [7, 11) is 3.55. The Hall–Kier alpha value is -0.810. The highest BCUT2D eigenvalue weighted by Gasteiger charge is 2.14. The van der Waals surface area contributed by atoms with Crippen molar-refractivity contribution in [3.63, 3.8) is 0 Å². The van der Waals surface area contributed by atoms with E-state index in [1.807, 2.05) is 18.9 Å². The highest BCUT2D eigenvalue weighted by molar-refractivity contribution is 9.10. The van der Waals surface area contributed by atoms with Gasteiger partial charge in [0, 0.05) is 26.3 Å². The van der Waals surface area contributed by atoms with Crippen molar-refractivity contribution >= 4 is 27.3 Å². The summed E-state index contributed by atoms with van der Waals surface area (Å²) in [6.45, 7) is 2.60. The van der Waals surface area contributed by atoms with Crippen LogP contribution in [0.3, 0.4) is 0 Å². The molecule has 0 amide bonds. The largest absolute Gasteiger partial charge is 0.397 e. The molecule has 0 radical (unpaired) electrons. The van der Waals surface area contributed by atoms with Gasteiger partial charge in [-0.15, -0.1) is 0 Å². The van der Waals surface area contributed by atoms with Gasteiger partial charge in [0.1, 0.15) is 5.82 Å². The number of likely N-dealkylation sites (N-methyl/N-ethyl adjacent to an activating group) is 1. The summed E-state index contributed by atoms with van der Waals surface area (Å²) < 4.78 is 18.7. The molecule has 0 saturated carbocycles. The van der Waals surface area contributed by atoms with Gasteiger partial charge in [0.2, 0.25) is 0 Å². The number of methoxy groups -OCH3 is 1. The number of nitrogens with two attached hydrogens (primary N) is 1. The van der Waals surface area contributed by atoms with Crippen LogP contribution in [-0.4, -0.2) is 26.8 Å². The van der Waals surface area contributed by atoms with Crippen molar-refractivity contribution < 1.29 is 9.13 Å². The maximum absolute atomic E-state index is 13.2. The minimum absolute atomic E-state index is 0.171. The van der Waals surface area contributed by atoms with Crippen LogP contribution in [-0.2, 0) is 4.74 Å². The molecule has 3 nitrogen and oxygen atoms in total. The molecule has 0 spiro atoms. The lowest BCUT2D eigenvalue weighted by molar-refractivity contribution is 0.183. The number of ether oxygens (including phenoxy) is 1. The third kappa shape index (κ3) is 2.86. The monoisotopic (exact) mass is 290 g/mol. The van der Waals surface area contributed by atoms with Crippen molar-refractivity contribution in [1.29, 1.82) is 0 Å². The Labute approximate surface area is 104 Å². The van der Waals surface area contributed by atoms with Crippen molar-refractivity contribution in [3.05, 3.63) is 22.4 Å². The summed E-state index contributed by atoms with van der Waals surface area (Å²) in [4.78, 5) is 1.96. The van der Waals surface area contributed by atoms with E-state index in [1.54, 1.807) is 13.2 Å². The molecular weight excluding hydrogens is 275 g/mol. The number of anilines is 2. The Kier molecular flexibility index (Phi) is 4.56. The minimum Gasteiger partial charge on any atom is -0.397 e. The molecule has 0 heterocycles. The molecule has 1 aromatic carbocycles. The second-order valence-corrected chi connectivity index (χ2v) is 4.59. The van der Waals surface area contributed by atoms with E-state index in [-0.39, 0.29) is 11.9 Å². The average Bonchev–Trinajstić information content (AvgIpc) is 2.23. The van der Waals surface area contributed by atoms with Crippen LogP contribution in [0, 0.1) is 5.82 Å². The first-order chi connectivity index (χ1) is 7.47. The van der Waals surface area contributed by atoms with E-state index in [4.69, 9.17) is 10.5 Å². The number of hydrogen-bond donors (Lipinski definition) is 1. The molecule has 1 unspecified atom stereocenters. The predicted octanol–water partition coefficient (Wildman–Crippen LogP) is 2.64. The molecule has 0 aliphatic carbocycles. The molecule has 1 aromatic rings. The van der Waals surface area contributed by atoms with Gasteiger partial charge >= 0.3 is 0 Å². The molecule has 1 rings (SSSR count). The minimum atomic E-state index is -0.353. The fraction of sp³-hybridized carbons (Fsp3) is 0.455. The van der Waals surface area contributed by atoms with Crippen molar-refractivity contribution in [1.82, 2.24) is 0 Å². The van der Waals surface area contributed by atoms with E-state index in [0.29, 0.717) is 16.8 Å². The molecule has 0 aromatic heterocycles. The molecule has 0 aliphatic rings. The van der Waals surface area contributed by atoms with Gasteiger partial charge in [-0.3, -0.25) is 0 Å². The second kappa shape index (κ2) is 5.50. The summed E-state index contributed by atoms with van der Waals surface area (Å²) in [5, 5.41) is 0. The first-order valence-electron chi connectivity index (χ1n) is 4.93. The van der Waals surface area contributed by atoms with Gasteiger partial charge < -0.3 is 15.4 Å². The number of halogens is 2. The van der Waals surface area contributed by atoms with Gasteiger partial charge in [-0.2, -0.15) is 0 Å². The topological polar surface area (TPSA) is 38.5 Å². The number of nitrogen functional groups attached to an aromatic ring is 1. The number of hydrogen-bond acceptors (Lipinski definition) is 3. The molecule has 1 atom stereocenters. The van der Waals surface area contributed by atoms with Crippen LogP contribution in [0.4, 0.5) is 15.8 Å². The summed E-state index contributed by atoms with van der Waals surface area (Å²) in [5.41, 5.74) is 6.99. The first-order valence-corrected chi connectivity index (χ1v) is 5.73. The van der Waals surface area contributed by atoms with Gasteiger partial charge in [-0.1, -0.05) is 0 Å². The highest BCUT2D eigenvalue weighted by Crippen LogP contribution is 2.29. The molecular formula is C11H16BrFN2O. The summed E-state index contributed by atoms with van der Waals surface area (Å²) in [5.74, 6) is -0.353. The van der Waals surface area contributed by atoms with E-state index >= 15 is 0 Å². The molecule has 90 valence electrons. The quantitative estimate of drug-likeness (QED) is 0.867. The number of benzene rings is 1. The molecule has 0 aliphatic heterocycles. The fourth-order valence-electron chi connectivity index (χ4n) is 1.45. The second-order valence-electron chi connectivity index (χ2n) is 3.74. The lowest BCUT2D eigenvalue weighted by Crippen LogP contribution is -2.33. The Bertz CT molecular complexity index is 373. The summed E-state index contributed by atoms with van der Waals surface area (Å²) in [6, 6.07) is 3.16. The fourth-order valence-corrected chi connectivity index (χ4v) is 1.78. The summed E-state index contributed by atoms with van der Waals surface area (Å²) in [6.07, 6.45) is 0. The smallest absolute Gasteiger partial charge is 0.139 e. The van der Waals surface area contributed by atoms with Crippen molar-refractivity contribution in [2.45, 2.75) is 13.0 Å². The van der Waals surface area contributed by atoms with Crippen LogP contribution in [0.1, 0.15) is 6.92 Å². The number of nitrogens with zero attached hydrogens (tertiary/aromatic N) is 1. The van der Waals surface area contributed by atoms with Crippen molar-refractivity contribution in [3.8, 4) is 0 Å². The lowest BCUT2D eigenvalue weighted by atomic mass is 10.2. The van der Waals surface area contributed by atoms with Crippen LogP contribution in [0.2, 0.25) is 0 Å². The zero-order valence-electron chi connectivity index (χ0n) is 9.63. The molecule has 5 heteroatoms. The molecule has 2 N–H and O–H groups in total. The Morgan fingerprint density at radius 2 is 2.19 bits per heavy atom. The van der Waals surface area contributed by atoms with Crippen LogP contribution in [0.5, 0.6) is 0 Å². The first kappa shape index (κ1) is 13.3. The lowest BCUT2D eigenvalue weighted by Gasteiger charge is -2.27. The number of rotatable bonds is 4.